The van der Waals surface area contributed by atoms with Gasteiger partial charge in [0.1, 0.15) is 0 Å². The number of hydrogen-bond donors (Lipinski definition) is 0. The number of nitrogens with zero attached hydrogens (tertiary/aromatic N) is 1. The monoisotopic (exact) mass is 321 g/mol. The summed E-state index contributed by atoms with van der Waals surface area (Å²) in [6.07, 6.45) is -4.12. The maximum atomic E-state index is 13.0. The van der Waals surface area contributed by atoms with Gasteiger partial charge in [0, 0.05) is 19.6 Å². The fourth-order valence-corrected chi connectivity index (χ4v) is 3.50. The highest BCUT2D eigenvalue weighted by Crippen LogP contribution is 2.45. The molecule has 0 saturated carbocycles. The zero-order valence-electron chi connectivity index (χ0n) is 13.7. The van der Waals surface area contributed by atoms with Crippen LogP contribution in [0.5, 0.6) is 0 Å². The highest BCUT2D eigenvalue weighted by atomic mass is 19.4. The molecule has 0 atom stereocenters. The highest BCUT2D eigenvalue weighted by Gasteiger charge is 2.57. The summed E-state index contributed by atoms with van der Waals surface area (Å²) in [7, 11) is 0. The van der Waals surface area contributed by atoms with E-state index in [0.29, 0.717) is 12.5 Å². The van der Waals surface area contributed by atoms with Gasteiger partial charge in [-0.2, -0.15) is 13.2 Å². The molecule has 4 heteroatoms. The van der Waals surface area contributed by atoms with Gasteiger partial charge in [0.05, 0.1) is 5.41 Å². The molecule has 0 N–H and O–H groups in total. The topological polar surface area (TPSA) is 3.24 Å². The second-order valence-corrected chi connectivity index (χ2v) is 7.22. The van der Waals surface area contributed by atoms with Gasteiger partial charge < -0.3 is 0 Å². The molecule has 3 rings (SSSR count). The van der Waals surface area contributed by atoms with E-state index < -0.39 is 11.6 Å². The van der Waals surface area contributed by atoms with E-state index in [0.717, 1.165) is 10.9 Å². The Labute approximate surface area is 135 Å². The number of hydrogen-bond acceptors (Lipinski definition) is 1. The van der Waals surface area contributed by atoms with Crippen LogP contribution in [-0.2, 0) is 6.54 Å². The van der Waals surface area contributed by atoms with Crippen LogP contribution >= 0.6 is 0 Å². The lowest BCUT2D eigenvalue weighted by atomic mass is 9.80. The molecule has 1 aliphatic rings. The molecule has 0 aliphatic carbocycles. The van der Waals surface area contributed by atoms with Crippen molar-refractivity contribution >= 4 is 10.8 Å². The van der Waals surface area contributed by atoms with E-state index in [1.807, 2.05) is 17.0 Å². The normalized spacial score (nSPS) is 18.4. The molecule has 0 amide bonds. The maximum absolute atomic E-state index is 13.0. The van der Waals surface area contributed by atoms with Crippen molar-refractivity contribution in [2.45, 2.75) is 39.4 Å². The minimum atomic E-state index is -4.12. The van der Waals surface area contributed by atoms with Crippen LogP contribution in [0.1, 0.15) is 37.8 Å². The Morgan fingerprint density at radius 2 is 1.65 bits per heavy atom. The molecule has 23 heavy (non-hydrogen) atoms. The standard InChI is InChI=1S/C19H22F3N/c1-13(2)15-9-8-14(16-6-4-5-7-17(15)16)10-23-11-18(3,12-23)19(20,21)22/h4-9,13H,10-12H2,1-3H3. The van der Waals surface area contributed by atoms with Crippen LogP contribution in [0.3, 0.4) is 0 Å². The van der Waals surface area contributed by atoms with E-state index in [9.17, 15) is 13.2 Å². The third kappa shape index (κ3) is 2.85. The van der Waals surface area contributed by atoms with Gasteiger partial charge >= 0.3 is 6.18 Å². The van der Waals surface area contributed by atoms with Gasteiger partial charge in [0.25, 0.3) is 0 Å². The molecule has 1 nitrogen and oxygen atoms in total. The first kappa shape index (κ1) is 16.3. The van der Waals surface area contributed by atoms with E-state index in [-0.39, 0.29) is 13.1 Å². The SMILES string of the molecule is CC(C)c1ccc(CN2CC(C)(C(F)(F)F)C2)c2ccccc12. The van der Waals surface area contributed by atoms with Crippen LogP contribution in [-0.4, -0.2) is 24.2 Å². The molecule has 124 valence electrons. The summed E-state index contributed by atoms with van der Waals surface area (Å²) in [6, 6.07) is 12.4. The summed E-state index contributed by atoms with van der Waals surface area (Å²) in [5, 5.41) is 2.36. The lowest BCUT2D eigenvalue weighted by molar-refractivity contribution is -0.261. The van der Waals surface area contributed by atoms with Crippen molar-refractivity contribution in [3.8, 4) is 0 Å². The fraction of sp³-hybridized carbons (Fsp3) is 0.474. The average Bonchev–Trinajstić information content (AvgIpc) is 2.44. The van der Waals surface area contributed by atoms with E-state index in [1.54, 1.807) is 0 Å². The Morgan fingerprint density at radius 3 is 2.22 bits per heavy atom. The van der Waals surface area contributed by atoms with Gasteiger partial charge in [0.15, 0.2) is 0 Å². The van der Waals surface area contributed by atoms with Crippen molar-refractivity contribution < 1.29 is 13.2 Å². The first-order valence-electron chi connectivity index (χ1n) is 8.01. The van der Waals surface area contributed by atoms with Crippen LogP contribution in [0.25, 0.3) is 10.8 Å². The van der Waals surface area contributed by atoms with Gasteiger partial charge in [-0.25, -0.2) is 0 Å². The predicted molar refractivity (Wildman–Crippen MR) is 87.5 cm³/mol. The van der Waals surface area contributed by atoms with E-state index >= 15 is 0 Å². The average molecular weight is 321 g/mol. The summed E-state index contributed by atoms with van der Waals surface area (Å²) in [4.78, 5) is 1.88. The summed E-state index contributed by atoms with van der Waals surface area (Å²) in [5.41, 5.74) is 0.836. The van der Waals surface area contributed by atoms with Crippen LogP contribution in [0, 0.1) is 5.41 Å². The predicted octanol–water partition coefficient (Wildman–Crippen LogP) is 5.35. The van der Waals surface area contributed by atoms with Crippen molar-refractivity contribution in [3.63, 3.8) is 0 Å². The van der Waals surface area contributed by atoms with E-state index in [2.05, 4.69) is 38.1 Å². The van der Waals surface area contributed by atoms with E-state index in [1.165, 1.54) is 17.9 Å². The van der Waals surface area contributed by atoms with Crippen LogP contribution in [0.4, 0.5) is 13.2 Å². The van der Waals surface area contributed by atoms with Crippen LogP contribution in [0.2, 0.25) is 0 Å². The Kier molecular flexibility index (Phi) is 3.91. The molecular weight excluding hydrogens is 299 g/mol. The Balaban J connectivity index is 1.85. The van der Waals surface area contributed by atoms with Crippen LogP contribution in [0.15, 0.2) is 36.4 Å². The maximum Gasteiger partial charge on any atom is 0.396 e. The summed E-state index contributed by atoms with van der Waals surface area (Å²) in [6.45, 7) is 6.36. The number of rotatable bonds is 3. The van der Waals surface area contributed by atoms with Crippen molar-refractivity contribution in [2.75, 3.05) is 13.1 Å². The fourth-order valence-electron chi connectivity index (χ4n) is 3.50. The lowest BCUT2D eigenvalue weighted by Gasteiger charge is -2.48. The van der Waals surface area contributed by atoms with Gasteiger partial charge in [-0.3, -0.25) is 4.90 Å². The number of alkyl halides is 3. The number of likely N-dealkylation sites (tertiary alicyclic amines) is 1. The van der Waals surface area contributed by atoms with Crippen molar-refractivity contribution in [1.29, 1.82) is 0 Å². The molecular formula is C19H22F3N. The smallest absolute Gasteiger partial charge is 0.297 e. The Hall–Kier alpha value is -1.55. The quantitative estimate of drug-likeness (QED) is 0.737. The molecule has 1 saturated heterocycles. The molecule has 0 spiro atoms. The van der Waals surface area contributed by atoms with Gasteiger partial charge in [-0.05, 0) is 34.7 Å². The third-order valence-corrected chi connectivity index (χ3v) is 4.89. The molecule has 2 aromatic carbocycles. The van der Waals surface area contributed by atoms with Crippen molar-refractivity contribution in [2.24, 2.45) is 5.41 Å². The molecule has 0 aromatic heterocycles. The summed E-state index contributed by atoms with van der Waals surface area (Å²) in [5.74, 6) is 0.423. The zero-order valence-corrected chi connectivity index (χ0v) is 13.7. The molecule has 1 fully saturated rings. The van der Waals surface area contributed by atoms with Crippen molar-refractivity contribution in [3.05, 3.63) is 47.5 Å². The Bertz CT molecular complexity index is 712. The molecule has 2 aromatic rings. The minimum absolute atomic E-state index is 0.0801. The first-order chi connectivity index (χ1) is 10.7. The number of benzene rings is 2. The molecule has 1 aliphatic heterocycles. The van der Waals surface area contributed by atoms with E-state index in [4.69, 9.17) is 0 Å². The highest BCUT2D eigenvalue weighted by molar-refractivity contribution is 5.89. The number of fused-ring (bicyclic) bond motifs is 1. The molecule has 0 bridgehead atoms. The van der Waals surface area contributed by atoms with Gasteiger partial charge in [-0.15, -0.1) is 0 Å². The second-order valence-electron chi connectivity index (χ2n) is 7.22. The third-order valence-electron chi connectivity index (χ3n) is 4.89. The number of halogens is 3. The second kappa shape index (κ2) is 5.52. The molecule has 0 unspecified atom stereocenters. The zero-order chi connectivity index (χ0) is 16.8. The summed E-state index contributed by atoms with van der Waals surface area (Å²) >= 11 is 0. The summed E-state index contributed by atoms with van der Waals surface area (Å²) < 4.78 is 38.9. The van der Waals surface area contributed by atoms with Gasteiger partial charge in [0.2, 0.25) is 0 Å². The molecule has 0 radical (unpaired) electrons. The first-order valence-corrected chi connectivity index (χ1v) is 8.01. The Morgan fingerprint density at radius 1 is 1.04 bits per heavy atom. The van der Waals surface area contributed by atoms with Crippen molar-refractivity contribution in [1.82, 2.24) is 4.90 Å². The molecule has 1 heterocycles. The van der Waals surface area contributed by atoms with Crippen LogP contribution < -0.4 is 0 Å². The largest absolute Gasteiger partial charge is 0.396 e. The minimum Gasteiger partial charge on any atom is -0.297 e. The lowest BCUT2D eigenvalue weighted by Crippen LogP contribution is -2.61. The van der Waals surface area contributed by atoms with Gasteiger partial charge in [-0.1, -0.05) is 50.2 Å².